The molecule has 0 aliphatic heterocycles. The number of sulfonamides is 1. The lowest BCUT2D eigenvalue weighted by Gasteiger charge is -2.07. The van der Waals surface area contributed by atoms with Crippen molar-refractivity contribution in [3.05, 3.63) is 75.9 Å². The number of rotatable bonds is 5. The van der Waals surface area contributed by atoms with Gasteiger partial charge in [-0.1, -0.05) is 29.8 Å². The van der Waals surface area contributed by atoms with Crippen LogP contribution in [0.4, 0.5) is 14.6 Å². The monoisotopic (exact) mass is 441 g/mol. The maximum absolute atomic E-state index is 13.8. The van der Waals surface area contributed by atoms with Crippen molar-refractivity contribution in [1.82, 2.24) is 9.78 Å². The Kier molecular flexibility index (Phi) is 5.10. The number of nitrogens with zero attached hydrogens (tertiary/aromatic N) is 2. The third-order valence-electron chi connectivity index (χ3n) is 3.60. The molecule has 3 rings (SSSR count). The van der Waals surface area contributed by atoms with E-state index >= 15 is 0 Å². The van der Waals surface area contributed by atoms with Crippen molar-refractivity contribution >= 4 is 31.8 Å². The number of aryl methyl sites for hydroxylation is 1. The SMILES string of the molecule is Cc1ccc(Cn2cc(Br)c(NS(=O)(=O)c3cc(F)ccc3F)n2)cc1. The molecule has 0 saturated carbocycles. The van der Waals surface area contributed by atoms with Crippen molar-refractivity contribution in [3.8, 4) is 0 Å². The number of aromatic nitrogens is 2. The summed E-state index contributed by atoms with van der Waals surface area (Å²) < 4.78 is 55.8. The molecule has 0 aliphatic rings. The Balaban J connectivity index is 1.85. The van der Waals surface area contributed by atoms with Gasteiger partial charge in [-0.15, -0.1) is 0 Å². The first-order valence-corrected chi connectivity index (χ1v) is 9.78. The first kappa shape index (κ1) is 18.5. The van der Waals surface area contributed by atoms with Gasteiger partial charge in [0, 0.05) is 6.20 Å². The third-order valence-corrected chi connectivity index (χ3v) is 5.53. The fourth-order valence-electron chi connectivity index (χ4n) is 2.29. The van der Waals surface area contributed by atoms with E-state index in [1.54, 1.807) is 6.20 Å². The minimum absolute atomic E-state index is 0.0132. The largest absolute Gasteiger partial charge is 0.266 e. The van der Waals surface area contributed by atoms with Crippen molar-refractivity contribution < 1.29 is 17.2 Å². The summed E-state index contributed by atoms with van der Waals surface area (Å²) in [4.78, 5) is -0.780. The summed E-state index contributed by atoms with van der Waals surface area (Å²) in [5.74, 6) is -1.91. The van der Waals surface area contributed by atoms with E-state index in [1.807, 2.05) is 31.2 Å². The number of nitrogens with one attached hydrogen (secondary N) is 1. The molecule has 0 spiro atoms. The number of hydrogen-bond acceptors (Lipinski definition) is 3. The van der Waals surface area contributed by atoms with Crippen molar-refractivity contribution in [2.45, 2.75) is 18.4 Å². The Morgan fingerprint density at radius 2 is 1.85 bits per heavy atom. The van der Waals surface area contributed by atoms with Gasteiger partial charge in [-0.2, -0.15) is 5.10 Å². The van der Waals surface area contributed by atoms with E-state index in [0.717, 1.165) is 23.3 Å². The summed E-state index contributed by atoms with van der Waals surface area (Å²) in [6, 6.07) is 10.0. The first-order valence-electron chi connectivity index (χ1n) is 7.51. The lowest BCUT2D eigenvalue weighted by Crippen LogP contribution is -2.16. The molecule has 0 saturated heterocycles. The number of halogens is 3. The second-order valence-electron chi connectivity index (χ2n) is 5.69. The maximum Gasteiger partial charge on any atom is 0.266 e. The second kappa shape index (κ2) is 7.16. The summed E-state index contributed by atoms with van der Waals surface area (Å²) >= 11 is 3.22. The molecule has 5 nitrogen and oxygen atoms in total. The van der Waals surface area contributed by atoms with Crippen LogP contribution in [0.1, 0.15) is 11.1 Å². The molecule has 136 valence electrons. The number of hydrogen-bond donors (Lipinski definition) is 1. The van der Waals surface area contributed by atoms with Gasteiger partial charge in [-0.05, 0) is 46.6 Å². The van der Waals surface area contributed by atoms with E-state index < -0.39 is 26.6 Å². The maximum atomic E-state index is 13.8. The highest BCUT2D eigenvalue weighted by Crippen LogP contribution is 2.25. The minimum atomic E-state index is -4.32. The van der Waals surface area contributed by atoms with Crippen LogP contribution in [0.5, 0.6) is 0 Å². The van der Waals surface area contributed by atoms with Crippen molar-refractivity contribution in [2.24, 2.45) is 0 Å². The predicted molar refractivity (Wildman–Crippen MR) is 97.4 cm³/mol. The zero-order chi connectivity index (χ0) is 18.9. The molecule has 3 aromatic rings. The lowest BCUT2D eigenvalue weighted by molar-refractivity contribution is 0.555. The van der Waals surface area contributed by atoms with Gasteiger partial charge in [-0.3, -0.25) is 9.40 Å². The molecule has 0 unspecified atom stereocenters. The Bertz CT molecular complexity index is 1050. The third kappa shape index (κ3) is 4.10. The molecule has 0 radical (unpaired) electrons. The van der Waals surface area contributed by atoms with Gasteiger partial charge < -0.3 is 0 Å². The fourth-order valence-corrected chi connectivity index (χ4v) is 3.95. The van der Waals surface area contributed by atoms with Crippen LogP contribution < -0.4 is 4.72 Å². The first-order chi connectivity index (χ1) is 12.2. The van der Waals surface area contributed by atoms with Crippen LogP contribution in [-0.4, -0.2) is 18.2 Å². The predicted octanol–water partition coefficient (Wildman–Crippen LogP) is 4.08. The molecule has 0 fully saturated rings. The molecule has 1 heterocycles. The van der Waals surface area contributed by atoms with Crippen LogP contribution in [0.2, 0.25) is 0 Å². The Morgan fingerprint density at radius 3 is 2.54 bits per heavy atom. The molecule has 0 bridgehead atoms. The average Bonchev–Trinajstić information content (AvgIpc) is 2.90. The van der Waals surface area contributed by atoms with Gasteiger partial charge in [0.15, 0.2) is 5.82 Å². The topological polar surface area (TPSA) is 64.0 Å². The number of benzene rings is 2. The molecule has 1 aromatic heterocycles. The molecule has 0 aliphatic carbocycles. The van der Waals surface area contributed by atoms with Crippen LogP contribution in [-0.2, 0) is 16.6 Å². The van der Waals surface area contributed by atoms with E-state index in [-0.39, 0.29) is 5.82 Å². The van der Waals surface area contributed by atoms with Crippen molar-refractivity contribution in [3.63, 3.8) is 0 Å². The zero-order valence-corrected chi connectivity index (χ0v) is 16.0. The van der Waals surface area contributed by atoms with Crippen LogP contribution in [0, 0.1) is 18.6 Å². The van der Waals surface area contributed by atoms with Crippen LogP contribution in [0.25, 0.3) is 0 Å². The molecule has 2 aromatic carbocycles. The molecule has 9 heteroatoms. The molecular weight excluding hydrogens is 428 g/mol. The highest BCUT2D eigenvalue weighted by atomic mass is 79.9. The summed E-state index contributed by atoms with van der Waals surface area (Å²) in [5.41, 5.74) is 2.11. The van der Waals surface area contributed by atoms with E-state index in [0.29, 0.717) is 17.1 Å². The zero-order valence-electron chi connectivity index (χ0n) is 13.6. The van der Waals surface area contributed by atoms with Crippen LogP contribution >= 0.6 is 15.9 Å². The highest BCUT2D eigenvalue weighted by Gasteiger charge is 2.22. The normalized spacial score (nSPS) is 11.5. The molecule has 1 N–H and O–H groups in total. The highest BCUT2D eigenvalue weighted by molar-refractivity contribution is 9.10. The van der Waals surface area contributed by atoms with Gasteiger partial charge in [0.1, 0.15) is 16.5 Å². The Morgan fingerprint density at radius 1 is 1.15 bits per heavy atom. The van der Waals surface area contributed by atoms with Gasteiger partial charge in [-0.25, -0.2) is 17.2 Å². The van der Waals surface area contributed by atoms with Crippen molar-refractivity contribution in [1.29, 1.82) is 0 Å². The summed E-state index contributed by atoms with van der Waals surface area (Å²) in [6.07, 6.45) is 1.60. The van der Waals surface area contributed by atoms with Crippen LogP contribution in [0.3, 0.4) is 0 Å². The quantitative estimate of drug-likeness (QED) is 0.648. The smallest absolute Gasteiger partial charge is 0.265 e. The summed E-state index contributed by atoms with van der Waals surface area (Å²) in [5, 5.41) is 4.15. The molecule has 26 heavy (non-hydrogen) atoms. The van der Waals surface area contributed by atoms with E-state index in [9.17, 15) is 17.2 Å². The van der Waals surface area contributed by atoms with E-state index in [2.05, 4.69) is 25.8 Å². The Labute approximate surface area is 157 Å². The van der Waals surface area contributed by atoms with E-state index in [1.165, 1.54) is 4.68 Å². The average molecular weight is 442 g/mol. The van der Waals surface area contributed by atoms with Gasteiger partial charge >= 0.3 is 0 Å². The van der Waals surface area contributed by atoms with Gasteiger partial charge in [0.25, 0.3) is 10.0 Å². The van der Waals surface area contributed by atoms with Gasteiger partial charge in [0.05, 0.1) is 11.0 Å². The molecule has 0 atom stereocenters. The molecular formula is C17H14BrF2N3O2S. The molecule has 0 amide bonds. The van der Waals surface area contributed by atoms with Crippen LogP contribution in [0.15, 0.2) is 58.0 Å². The lowest BCUT2D eigenvalue weighted by atomic mass is 10.1. The second-order valence-corrected chi connectivity index (χ2v) is 8.19. The summed E-state index contributed by atoms with van der Waals surface area (Å²) in [7, 11) is -4.32. The fraction of sp³-hybridized carbons (Fsp3) is 0.118. The van der Waals surface area contributed by atoms with Crippen molar-refractivity contribution in [2.75, 3.05) is 4.72 Å². The number of anilines is 1. The standard InChI is InChI=1S/C17H14BrF2N3O2S/c1-11-2-4-12(5-3-11)9-23-10-14(18)17(21-23)22-26(24,25)16-8-13(19)6-7-15(16)20/h2-8,10H,9H2,1H3,(H,21,22). The van der Waals surface area contributed by atoms with Gasteiger partial charge in [0.2, 0.25) is 0 Å². The van der Waals surface area contributed by atoms with E-state index in [4.69, 9.17) is 0 Å². The Hall–Kier alpha value is -2.26. The minimum Gasteiger partial charge on any atom is -0.265 e. The summed E-state index contributed by atoms with van der Waals surface area (Å²) in [6.45, 7) is 2.40.